The monoisotopic (exact) mass is 222 g/mol. The molecule has 0 spiro atoms. The Bertz CT molecular complexity index is 371. The zero-order chi connectivity index (χ0) is 10.7. The van der Waals surface area contributed by atoms with Gasteiger partial charge in [-0.2, -0.15) is 0 Å². The quantitative estimate of drug-likeness (QED) is 0.704. The van der Waals surface area contributed by atoms with Crippen LogP contribution in [0.2, 0.25) is 0 Å². The minimum absolute atomic E-state index is 0.546. The third-order valence-electron chi connectivity index (χ3n) is 2.85. The first-order chi connectivity index (χ1) is 7.35. The lowest BCUT2D eigenvalue weighted by molar-refractivity contribution is 0.414. The molecule has 0 saturated heterocycles. The van der Waals surface area contributed by atoms with Crippen LogP contribution < -0.4 is 4.74 Å². The highest BCUT2D eigenvalue weighted by atomic mass is 35.5. The third kappa shape index (κ3) is 2.18. The maximum absolute atomic E-state index is 5.71. The molecule has 0 saturated carbocycles. The van der Waals surface area contributed by atoms with Gasteiger partial charge in [0.2, 0.25) is 0 Å². The Morgan fingerprint density at radius 3 is 3.00 bits per heavy atom. The molecule has 1 aliphatic rings. The van der Waals surface area contributed by atoms with Gasteiger partial charge >= 0.3 is 0 Å². The number of alkyl halides is 1. The van der Waals surface area contributed by atoms with Crippen molar-refractivity contribution in [3.8, 4) is 5.75 Å². The summed E-state index contributed by atoms with van der Waals surface area (Å²) in [7, 11) is 1.70. The van der Waals surface area contributed by atoms with Crippen LogP contribution in [0.4, 0.5) is 0 Å². The van der Waals surface area contributed by atoms with Crippen LogP contribution in [0.15, 0.2) is 24.3 Å². The number of halogens is 1. The molecule has 0 radical (unpaired) electrons. The van der Waals surface area contributed by atoms with E-state index in [1.165, 1.54) is 11.1 Å². The highest BCUT2D eigenvalue weighted by Gasteiger charge is 2.16. The lowest BCUT2D eigenvalue weighted by atomic mass is 9.96. The van der Waals surface area contributed by atoms with Gasteiger partial charge in [0.15, 0.2) is 0 Å². The normalized spacial score (nSPS) is 17.9. The average molecular weight is 223 g/mol. The van der Waals surface area contributed by atoms with Crippen molar-refractivity contribution in [1.29, 1.82) is 0 Å². The maximum Gasteiger partial charge on any atom is 0.119 e. The van der Waals surface area contributed by atoms with Gasteiger partial charge in [-0.15, -0.1) is 11.6 Å². The van der Waals surface area contributed by atoms with Gasteiger partial charge < -0.3 is 4.74 Å². The van der Waals surface area contributed by atoms with Crippen LogP contribution in [0.5, 0.6) is 5.75 Å². The van der Waals surface area contributed by atoms with Crippen molar-refractivity contribution in [3.63, 3.8) is 0 Å². The lowest BCUT2D eigenvalue weighted by Gasteiger charge is -2.10. The van der Waals surface area contributed by atoms with E-state index in [4.69, 9.17) is 16.3 Å². The number of rotatable bonds is 4. The van der Waals surface area contributed by atoms with Crippen molar-refractivity contribution in [1.82, 2.24) is 0 Å². The minimum Gasteiger partial charge on any atom is -0.497 e. The molecule has 15 heavy (non-hydrogen) atoms. The van der Waals surface area contributed by atoms with Crippen LogP contribution in [0.25, 0.3) is 6.08 Å². The summed E-state index contributed by atoms with van der Waals surface area (Å²) in [5, 5.41) is 0. The average Bonchev–Trinajstić information content (AvgIpc) is 2.68. The molecule has 0 aliphatic heterocycles. The van der Waals surface area contributed by atoms with E-state index in [1.807, 2.05) is 6.07 Å². The van der Waals surface area contributed by atoms with Crippen molar-refractivity contribution < 1.29 is 4.74 Å². The number of fused-ring (bicyclic) bond motifs is 1. The molecule has 0 fully saturated rings. The van der Waals surface area contributed by atoms with Crippen molar-refractivity contribution in [2.75, 3.05) is 13.0 Å². The predicted molar refractivity (Wildman–Crippen MR) is 64.7 cm³/mol. The summed E-state index contributed by atoms with van der Waals surface area (Å²) in [5.74, 6) is 2.22. The highest BCUT2D eigenvalue weighted by Crippen LogP contribution is 2.35. The van der Waals surface area contributed by atoms with Crippen molar-refractivity contribution in [2.45, 2.75) is 18.8 Å². The standard InChI is InChI=1S/C13H15ClO/c1-15-12-6-7-13-10(3-2-8-14)4-5-11(13)9-12/h4-7,9-10H,2-3,8H2,1H3/t10-/m1/s1. The summed E-state index contributed by atoms with van der Waals surface area (Å²) in [6, 6.07) is 6.28. The van der Waals surface area contributed by atoms with Gasteiger partial charge in [-0.25, -0.2) is 0 Å². The van der Waals surface area contributed by atoms with Crippen molar-refractivity contribution in [2.24, 2.45) is 0 Å². The van der Waals surface area contributed by atoms with Crippen molar-refractivity contribution >= 4 is 17.7 Å². The molecule has 1 atom stereocenters. The first-order valence-corrected chi connectivity index (χ1v) is 5.80. The van der Waals surface area contributed by atoms with Gasteiger partial charge in [0.05, 0.1) is 7.11 Å². The number of ether oxygens (including phenoxy) is 1. The van der Waals surface area contributed by atoms with Gasteiger partial charge in [0, 0.05) is 11.8 Å². The van der Waals surface area contributed by atoms with Crippen LogP contribution in [-0.4, -0.2) is 13.0 Å². The Morgan fingerprint density at radius 2 is 2.27 bits per heavy atom. The molecule has 0 aromatic heterocycles. The van der Waals surface area contributed by atoms with Crippen LogP contribution in [0.1, 0.15) is 29.9 Å². The summed E-state index contributed by atoms with van der Waals surface area (Å²) >= 11 is 5.71. The summed E-state index contributed by atoms with van der Waals surface area (Å²) in [6.07, 6.45) is 6.65. The van der Waals surface area contributed by atoms with Gasteiger partial charge in [-0.1, -0.05) is 18.2 Å². The predicted octanol–water partition coefficient (Wildman–Crippen LogP) is 3.82. The fourth-order valence-corrected chi connectivity index (χ4v) is 2.19. The summed E-state index contributed by atoms with van der Waals surface area (Å²) in [5.41, 5.74) is 2.69. The van der Waals surface area contributed by atoms with E-state index in [2.05, 4.69) is 24.3 Å². The summed E-state index contributed by atoms with van der Waals surface area (Å²) in [6.45, 7) is 0. The first kappa shape index (κ1) is 10.6. The smallest absolute Gasteiger partial charge is 0.119 e. The zero-order valence-electron chi connectivity index (χ0n) is 8.87. The van der Waals surface area contributed by atoms with Gasteiger partial charge in [0.1, 0.15) is 5.75 Å². The molecule has 0 unspecified atom stereocenters. The van der Waals surface area contributed by atoms with Gasteiger partial charge in [0.25, 0.3) is 0 Å². The van der Waals surface area contributed by atoms with Crippen LogP contribution in [-0.2, 0) is 0 Å². The molecule has 1 nitrogen and oxygen atoms in total. The van der Waals surface area contributed by atoms with E-state index < -0.39 is 0 Å². The summed E-state index contributed by atoms with van der Waals surface area (Å²) < 4.78 is 5.20. The number of hydrogen-bond donors (Lipinski definition) is 0. The Hall–Kier alpha value is -0.950. The first-order valence-electron chi connectivity index (χ1n) is 5.27. The fourth-order valence-electron chi connectivity index (χ4n) is 2.03. The molecule has 2 heteroatoms. The largest absolute Gasteiger partial charge is 0.497 e. The number of benzene rings is 1. The van der Waals surface area contributed by atoms with E-state index in [-0.39, 0.29) is 0 Å². The van der Waals surface area contributed by atoms with Crippen molar-refractivity contribution in [3.05, 3.63) is 35.4 Å². The van der Waals surface area contributed by atoms with E-state index in [0.717, 1.165) is 24.5 Å². The highest BCUT2D eigenvalue weighted by molar-refractivity contribution is 6.17. The van der Waals surface area contributed by atoms with E-state index in [9.17, 15) is 0 Å². The zero-order valence-corrected chi connectivity index (χ0v) is 9.63. The Balaban J connectivity index is 2.17. The molecular weight excluding hydrogens is 208 g/mol. The van der Waals surface area contributed by atoms with E-state index in [1.54, 1.807) is 7.11 Å². The molecule has 2 rings (SSSR count). The Morgan fingerprint density at radius 1 is 1.40 bits per heavy atom. The van der Waals surface area contributed by atoms with E-state index in [0.29, 0.717) is 5.92 Å². The lowest BCUT2D eigenvalue weighted by Crippen LogP contribution is -1.94. The van der Waals surface area contributed by atoms with Crippen LogP contribution >= 0.6 is 11.6 Å². The maximum atomic E-state index is 5.71. The second kappa shape index (κ2) is 4.71. The molecule has 0 bridgehead atoms. The second-order valence-electron chi connectivity index (χ2n) is 3.79. The van der Waals surface area contributed by atoms with E-state index >= 15 is 0 Å². The number of hydrogen-bond acceptors (Lipinski definition) is 1. The molecule has 1 aromatic rings. The molecule has 80 valence electrons. The van der Waals surface area contributed by atoms with Crippen LogP contribution in [0, 0.1) is 0 Å². The third-order valence-corrected chi connectivity index (χ3v) is 3.12. The molecular formula is C13H15ClO. The second-order valence-corrected chi connectivity index (χ2v) is 4.17. The SMILES string of the molecule is COc1ccc2c(c1)C=C[C@H]2CCCCl. The Labute approximate surface area is 95.7 Å². The fraction of sp³-hybridized carbons (Fsp3) is 0.385. The van der Waals surface area contributed by atoms with Gasteiger partial charge in [-0.05, 0) is 36.1 Å². The molecule has 0 N–H and O–H groups in total. The molecule has 1 aromatic carbocycles. The molecule has 0 amide bonds. The summed E-state index contributed by atoms with van der Waals surface area (Å²) in [4.78, 5) is 0. The number of methoxy groups -OCH3 is 1. The molecule has 0 heterocycles. The molecule has 1 aliphatic carbocycles. The number of allylic oxidation sites excluding steroid dienone is 1. The minimum atomic E-state index is 0.546. The topological polar surface area (TPSA) is 9.23 Å². The van der Waals surface area contributed by atoms with Crippen LogP contribution in [0.3, 0.4) is 0 Å². The Kier molecular flexibility index (Phi) is 3.32. The van der Waals surface area contributed by atoms with Gasteiger partial charge in [-0.3, -0.25) is 0 Å².